The molecule has 1 rings (SSSR count). The van der Waals surface area contributed by atoms with E-state index in [4.69, 9.17) is 1.41 Å². The van der Waals surface area contributed by atoms with E-state index in [0.29, 0.717) is 0 Å². The number of rotatable bonds is 0. The molecule has 1 aliphatic carbocycles. The van der Waals surface area contributed by atoms with E-state index in [9.17, 15) is 0 Å². The summed E-state index contributed by atoms with van der Waals surface area (Å²) >= 11 is 0. The first-order valence-corrected chi connectivity index (χ1v) is 1.99. The van der Waals surface area contributed by atoms with E-state index in [1.807, 2.05) is 0 Å². The molecule has 0 amide bonds. The fraction of sp³-hybridized carbons (Fsp3) is 0.400. The molecule has 0 bridgehead atoms. The first kappa shape index (κ1) is 2.56. The van der Waals surface area contributed by atoms with Gasteiger partial charge in [-0.05, 0) is 0 Å². The maximum atomic E-state index is 6.50. The van der Waals surface area contributed by atoms with Gasteiger partial charge in [0, 0.05) is 18.6 Å². The highest BCUT2D eigenvalue weighted by Gasteiger charge is 2.10. The molecule has 0 heterocycles. The van der Waals surface area contributed by atoms with Gasteiger partial charge in [-0.1, -0.05) is 12.2 Å². The molecule has 0 aromatic heterocycles. The molecule has 0 spiro atoms. The predicted molar refractivity (Wildman–Crippen MR) is 26.1 cm³/mol. The Morgan fingerprint density at radius 3 is 2.67 bits per heavy atom. The van der Waals surface area contributed by atoms with E-state index in [1.54, 1.807) is 0 Å². The standard InChI is InChI=1S/C5H7N/c1-4-2-5(6)3-4/h6H,1-3H2/i/hD. The highest BCUT2D eigenvalue weighted by molar-refractivity contribution is 5.92. The Morgan fingerprint density at radius 1 is 1.83 bits per heavy atom. The van der Waals surface area contributed by atoms with Crippen LogP contribution in [0, 0.1) is 5.40 Å². The minimum Gasteiger partial charge on any atom is -0.309 e. The topological polar surface area (TPSA) is 23.9 Å². The molecule has 1 heteroatoms. The van der Waals surface area contributed by atoms with Crippen molar-refractivity contribution in [3.8, 4) is 0 Å². The molecule has 1 N–H and O–H groups in total. The Hall–Kier alpha value is -0.590. The molecule has 1 aliphatic rings. The molecule has 32 valence electrons. The maximum absolute atomic E-state index is 6.50. The lowest BCUT2D eigenvalue weighted by Gasteiger charge is -2.14. The van der Waals surface area contributed by atoms with Crippen LogP contribution in [0.1, 0.15) is 12.8 Å². The average molecular weight is 82.1 g/mol. The molecule has 0 aliphatic heterocycles. The predicted octanol–water partition coefficient (Wildman–Crippen LogP) is 1.36. The third-order valence-electron chi connectivity index (χ3n) is 0.908. The molecule has 1 fully saturated rings. The van der Waals surface area contributed by atoms with Gasteiger partial charge in [0.2, 0.25) is 0 Å². The fourth-order valence-corrected chi connectivity index (χ4v) is 0.525. The SMILES string of the molecule is [2H]N=C1CC(=C)C1. The fourth-order valence-electron chi connectivity index (χ4n) is 0.525. The molecular weight excluding hydrogens is 74.1 g/mol. The Morgan fingerprint density at radius 2 is 2.50 bits per heavy atom. The van der Waals surface area contributed by atoms with Crippen molar-refractivity contribution in [1.82, 2.24) is 0 Å². The van der Waals surface area contributed by atoms with Crippen LogP contribution in [-0.2, 0) is 0 Å². The maximum Gasteiger partial charge on any atom is 0.187 e. The van der Waals surface area contributed by atoms with Crippen LogP contribution in [0.3, 0.4) is 0 Å². The molecule has 0 radical (unpaired) electrons. The average Bonchev–Trinajstić information content (AvgIpc) is 1.58. The number of allylic oxidation sites excluding steroid dienone is 1. The summed E-state index contributed by atoms with van der Waals surface area (Å²) in [6, 6.07) is 0. The van der Waals surface area contributed by atoms with Crippen molar-refractivity contribution in [1.29, 1.82) is 5.40 Å². The summed E-state index contributed by atoms with van der Waals surface area (Å²) in [7, 11) is 0. The molecule has 0 atom stereocenters. The molecule has 0 aromatic rings. The van der Waals surface area contributed by atoms with Crippen molar-refractivity contribution in [2.75, 3.05) is 0 Å². The lowest BCUT2D eigenvalue weighted by molar-refractivity contribution is 1.02. The van der Waals surface area contributed by atoms with Crippen LogP contribution in [0.5, 0.6) is 0 Å². The zero-order chi connectivity index (χ0) is 5.28. The van der Waals surface area contributed by atoms with Crippen LogP contribution < -0.4 is 0 Å². The van der Waals surface area contributed by atoms with E-state index in [0.717, 1.165) is 18.6 Å². The number of hydrogen-bond donors (Lipinski definition) is 1. The van der Waals surface area contributed by atoms with Gasteiger partial charge in [-0.2, -0.15) is 0 Å². The largest absolute Gasteiger partial charge is 0.309 e. The monoisotopic (exact) mass is 82.1 g/mol. The van der Waals surface area contributed by atoms with Crippen molar-refractivity contribution < 1.29 is 1.41 Å². The van der Waals surface area contributed by atoms with E-state index in [1.165, 1.54) is 5.57 Å². The number of hydrogen-bond acceptors (Lipinski definition) is 1. The lowest BCUT2D eigenvalue weighted by atomic mass is 9.92. The first-order valence-electron chi connectivity index (χ1n) is 2.44. The molecule has 0 aromatic carbocycles. The number of nitrogens with one attached hydrogen (secondary N) is 1. The van der Waals surface area contributed by atoms with Gasteiger partial charge in [-0.3, -0.25) is 0 Å². The molecule has 0 unspecified atom stereocenters. The quantitative estimate of drug-likeness (QED) is 0.426. The Balaban J connectivity index is 2.44. The van der Waals surface area contributed by atoms with Gasteiger partial charge in [0.05, 0.1) is 0 Å². The lowest BCUT2D eigenvalue weighted by Crippen LogP contribution is -2.10. The summed E-state index contributed by atoms with van der Waals surface area (Å²) in [6.45, 7) is 3.69. The summed E-state index contributed by atoms with van der Waals surface area (Å²) in [5, 5.41) is 3.25. The summed E-state index contributed by atoms with van der Waals surface area (Å²) in [5.41, 5.74) is 2.16. The Labute approximate surface area is 38.7 Å². The van der Waals surface area contributed by atoms with E-state index in [2.05, 4.69) is 12.0 Å². The van der Waals surface area contributed by atoms with Crippen LogP contribution in [-0.4, -0.2) is 5.71 Å². The van der Waals surface area contributed by atoms with Gasteiger partial charge in [0.15, 0.2) is 1.41 Å². The van der Waals surface area contributed by atoms with Crippen LogP contribution >= 0.6 is 0 Å². The van der Waals surface area contributed by atoms with Crippen molar-refractivity contribution >= 4 is 5.71 Å². The van der Waals surface area contributed by atoms with Crippen molar-refractivity contribution in [2.45, 2.75) is 12.8 Å². The third kappa shape index (κ3) is 0.361. The van der Waals surface area contributed by atoms with E-state index >= 15 is 0 Å². The molecular formula is C5H7N. The Kier molecular flexibility index (Phi) is 0.399. The van der Waals surface area contributed by atoms with Gasteiger partial charge >= 0.3 is 0 Å². The second kappa shape index (κ2) is 0.934. The normalized spacial score (nSPS) is 22.3. The molecule has 6 heavy (non-hydrogen) atoms. The summed E-state index contributed by atoms with van der Waals surface area (Å²) < 4.78 is 6.50. The first-order chi connectivity index (χ1) is 3.33. The second-order valence-corrected chi connectivity index (χ2v) is 1.67. The second-order valence-electron chi connectivity index (χ2n) is 1.67. The molecule has 1 nitrogen and oxygen atoms in total. The van der Waals surface area contributed by atoms with Crippen molar-refractivity contribution in [3.05, 3.63) is 12.2 Å². The smallest absolute Gasteiger partial charge is 0.187 e. The minimum atomic E-state index is 0.865. The zero-order valence-electron chi connectivity index (χ0n) is 4.57. The van der Waals surface area contributed by atoms with Gasteiger partial charge in [-0.15, -0.1) is 0 Å². The molecule has 0 saturated heterocycles. The highest BCUT2D eigenvalue weighted by atomic mass is 14.4. The molecule has 1 saturated carbocycles. The van der Waals surface area contributed by atoms with Crippen LogP contribution in [0.2, 0.25) is 1.41 Å². The van der Waals surface area contributed by atoms with Crippen molar-refractivity contribution in [3.63, 3.8) is 0 Å². The summed E-state index contributed by atoms with van der Waals surface area (Å²) in [5.74, 6) is 0. The third-order valence-corrected chi connectivity index (χ3v) is 0.908. The van der Waals surface area contributed by atoms with Crippen LogP contribution in [0.4, 0.5) is 0 Å². The van der Waals surface area contributed by atoms with E-state index in [-0.39, 0.29) is 0 Å². The van der Waals surface area contributed by atoms with E-state index < -0.39 is 0 Å². The van der Waals surface area contributed by atoms with Crippen molar-refractivity contribution in [2.24, 2.45) is 0 Å². The minimum absolute atomic E-state index is 0.865. The van der Waals surface area contributed by atoms with Gasteiger partial charge in [-0.25, -0.2) is 0 Å². The summed E-state index contributed by atoms with van der Waals surface area (Å²) in [6.07, 6.45) is 1.73. The van der Waals surface area contributed by atoms with Gasteiger partial charge < -0.3 is 5.40 Å². The Bertz CT molecular complexity index is 116. The zero-order valence-corrected chi connectivity index (χ0v) is 3.57. The van der Waals surface area contributed by atoms with Gasteiger partial charge in [0.25, 0.3) is 0 Å². The van der Waals surface area contributed by atoms with Crippen LogP contribution in [0.25, 0.3) is 0 Å². The van der Waals surface area contributed by atoms with Gasteiger partial charge in [0.1, 0.15) is 0 Å². The highest BCUT2D eigenvalue weighted by Crippen LogP contribution is 2.18. The van der Waals surface area contributed by atoms with Crippen LogP contribution in [0.15, 0.2) is 12.2 Å². The summed E-state index contributed by atoms with van der Waals surface area (Å²) in [4.78, 5) is 0.